The Kier molecular flexibility index (Phi) is 4.32. The molecule has 0 bridgehead atoms. The Hall–Kier alpha value is 0.635. The van der Waals surface area contributed by atoms with Crippen molar-refractivity contribution < 1.29 is 53.8 Å². The van der Waals surface area contributed by atoms with Crippen molar-refractivity contribution in [1.82, 2.24) is 0 Å². The van der Waals surface area contributed by atoms with Crippen LogP contribution in [0.2, 0.25) is 0 Å². The fraction of sp³-hybridized carbons (Fsp3) is 1.00. The first-order valence-electron chi connectivity index (χ1n) is 1.27. The van der Waals surface area contributed by atoms with Crippen LogP contribution in [0.25, 0.3) is 0 Å². The fourth-order valence-corrected chi connectivity index (χ4v) is 0. The van der Waals surface area contributed by atoms with E-state index in [1.807, 2.05) is 0 Å². The minimum absolute atomic E-state index is 0. The molecule has 0 aromatic heterocycles. The van der Waals surface area contributed by atoms with E-state index in [2.05, 4.69) is 0 Å². The number of hydrogen-bond acceptors (Lipinski definition) is 3. The van der Waals surface area contributed by atoms with Crippen molar-refractivity contribution in [2.75, 3.05) is 0 Å². The van der Waals surface area contributed by atoms with Gasteiger partial charge >= 0.3 is 33.2 Å². The van der Waals surface area contributed by atoms with Gasteiger partial charge < -0.3 is 4.55 Å². The number of halogens is 3. The van der Waals surface area contributed by atoms with Crippen LogP contribution >= 0.6 is 0 Å². The first kappa shape index (κ1) is 12.3. The third-order valence-corrected chi connectivity index (χ3v) is 0.850. The van der Waals surface area contributed by atoms with E-state index in [9.17, 15) is 13.2 Å². The van der Waals surface area contributed by atoms with Gasteiger partial charge in [-0.25, -0.2) is 8.42 Å². The maximum absolute atomic E-state index is 10.7. The van der Waals surface area contributed by atoms with Gasteiger partial charge in [0.15, 0.2) is 10.1 Å². The standard InChI is InChI=1S/CHF3O3S.Hg/c2-1(3,4)8(5,6)7;/h(H,5,6,7);/q;+2/p-1. The topological polar surface area (TPSA) is 57.2 Å². The van der Waals surface area contributed by atoms with E-state index in [4.69, 9.17) is 13.0 Å². The minimum atomic E-state index is -6.09. The second-order valence-corrected chi connectivity index (χ2v) is 2.27. The van der Waals surface area contributed by atoms with E-state index in [0.29, 0.717) is 0 Å². The molecule has 3 nitrogen and oxygen atoms in total. The predicted molar refractivity (Wildman–Crippen MR) is 15.8 cm³/mol. The van der Waals surface area contributed by atoms with Crippen LogP contribution < -0.4 is 0 Å². The minimum Gasteiger partial charge on any atom is -0.741 e. The molecule has 0 aromatic rings. The summed E-state index contributed by atoms with van der Waals surface area (Å²) in [6.07, 6.45) is 0. The van der Waals surface area contributed by atoms with Crippen molar-refractivity contribution in [2.45, 2.75) is 5.51 Å². The van der Waals surface area contributed by atoms with E-state index >= 15 is 0 Å². The maximum atomic E-state index is 10.7. The average molecular weight is 350 g/mol. The molecule has 0 fully saturated rings. The van der Waals surface area contributed by atoms with Gasteiger partial charge in [-0.15, -0.1) is 0 Å². The Morgan fingerprint density at radius 1 is 1.22 bits per heavy atom. The summed E-state index contributed by atoms with van der Waals surface area (Å²) in [5.74, 6) is 0. The molecule has 9 heavy (non-hydrogen) atoms. The summed E-state index contributed by atoms with van der Waals surface area (Å²) >= 11 is 0. The van der Waals surface area contributed by atoms with Crippen LogP contribution in [0.4, 0.5) is 13.2 Å². The number of alkyl halides is 3. The second kappa shape index (κ2) is 3.15. The Bertz CT molecular complexity index is 168. The fourth-order valence-electron chi connectivity index (χ4n) is 0. The zero-order chi connectivity index (χ0) is 7.00. The molecule has 0 aromatic carbocycles. The number of hydrogen-bond donors (Lipinski definition) is 0. The van der Waals surface area contributed by atoms with Gasteiger partial charge in [-0.3, -0.25) is 0 Å². The van der Waals surface area contributed by atoms with Crippen LogP contribution in [-0.4, -0.2) is 18.5 Å². The second-order valence-electron chi connectivity index (χ2n) is 0.900. The largest absolute Gasteiger partial charge is 2.00 e. The van der Waals surface area contributed by atoms with Crippen LogP contribution in [0.3, 0.4) is 0 Å². The summed E-state index contributed by atoms with van der Waals surface area (Å²) in [4.78, 5) is 0. The summed E-state index contributed by atoms with van der Waals surface area (Å²) in [7, 11) is -6.09. The predicted octanol–water partition coefficient (Wildman–Crippen LogP) is 0.0489. The quantitative estimate of drug-likeness (QED) is 0.353. The van der Waals surface area contributed by atoms with Crippen LogP contribution in [0, 0.1) is 0 Å². The molecule has 0 radical (unpaired) electrons. The van der Waals surface area contributed by atoms with Crippen molar-refractivity contribution in [1.29, 1.82) is 0 Å². The van der Waals surface area contributed by atoms with E-state index in [1.165, 1.54) is 0 Å². The molecule has 0 N–H and O–H groups in total. The SMILES string of the molecule is O=S(=O)([O-])C(F)(F)F.[Hg+2]. The Morgan fingerprint density at radius 3 is 1.33 bits per heavy atom. The van der Waals surface area contributed by atoms with Crippen LogP contribution in [-0.2, 0) is 37.8 Å². The Balaban J connectivity index is 0. The molecular weight excluding hydrogens is 350 g/mol. The van der Waals surface area contributed by atoms with E-state index < -0.39 is 15.6 Å². The van der Waals surface area contributed by atoms with Crippen LogP contribution in [0.5, 0.6) is 0 Å². The van der Waals surface area contributed by atoms with E-state index in [1.54, 1.807) is 0 Å². The maximum Gasteiger partial charge on any atom is 2.00 e. The molecule has 0 aliphatic rings. The summed E-state index contributed by atoms with van der Waals surface area (Å²) in [5, 5.41) is 0. The normalized spacial score (nSPS) is 12.4. The molecule has 0 heterocycles. The molecular formula is CF3HgO3S+. The smallest absolute Gasteiger partial charge is 0.741 e. The third kappa shape index (κ3) is 4.09. The van der Waals surface area contributed by atoms with Gasteiger partial charge in [0, 0.05) is 0 Å². The van der Waals surface area contributed by atoms with E-state index in [-0.39, 0.29) is 27.7 Å². The first-order valence-corrected chi connectivity index (χ1v) is 2.68. The molecule has 50 valence electrons. The molecule has 0 aliphatic heterocycles. The van der Waals surface area contributed by atoms with E-state index in [0.717, 1.165) is 0 Å². The van der Waals surface area contributed by atoms with Crippen molar-refractivity contribution in [2.24, 2.45) is 0 Å². The Labute approximate surface area is 69.5 Å². The summed E-state index contributed by atoms with van der Waals surface area (Å²) in [6.45, 7) is 0. The van der Waals surface area contributed by atoms with Gasteiger partial charge in [0.2, 0.25) is 0 Å². The molecule has 0 saturated heterocycles. The van der Waals surface area contributed by atoms with Crippen molar-refractivity contribution in [3.8, 4) is 0 Å². The average Bonchev–Trinajstić information content (AvgIpc) is 1.25. The van der Waals surface area contributed by atoms with Crippen molar-refractivity contribution in [3.63, 3.8) is 0 Å². The third-order valence-electron chi connectivity index (χ3n) is 0.283. The number of rotatable bonds is 0. The van der Waals surface area contributed by atoms with Gasteiger partial charge in [0.1, 0.15) is 0 Å². The van der Waals surface area contributed by atoms with Gasteiger partial charge in [0.05, 0.1) is 0 Å². The summed E-state index contributed by atoms with van der Waals surface area (Å²) in [6, 6.07) is 0. The molecule has 0 atom stereocenters. The van der Waals surface area contributed by atoms with Crippen molar-refractivity contribution in [3.05, 3.63) is 0 Å². The zero-order valence-electron chi connectivity index (χ0n) is 3.97. The van der Waals surface area contributed by atoms with Crippen molar-refractivity contribution >= 4 is 10.1 Å². The summed E-state index contributed by atoms with van der Waals surface area (Å²) < 4.78 is 58.9. The van der Waals surface area contributed by atoms with Gasteiger partial charge in [-0.1, -0.05) is 0 Å². The molecule has 0 aliphatic carbocycles. The zero-order valence-corrected chi connectivity index (χ0v) is 10.3. The molecule has 0 saturated carbocycles. The molecule has 0 unspecified atom stereocenters. The molecule has 0 amide bonds. The van der Waals surface area contributed by atoms with Crippen LogP contribution in [0.15, 0.2) is 0 Å². The molecule has 0 rings (SSSR count). The molecule has 8 heteroatoms. The van der Waals surface area contributed by atoms with Gasteiger partial charge in [0.25, 0.3) is 0 Å². The monoisotopic (exact) mass is 351 g/mol. The Morgan fingerprint density at radius 2 is 1.33 bits per heavy atom. The van der Waals surface area contributed by atoms with Gasteiger partial charge in [-0.05, 0) is 0 Å². The van der Waals surface area contributed by atoms with Crippen LogP contribution in [0.1, 0.15) is 0 Å². The summed E-state index contributed by atoms with van der Waals surface area (Å²) in [5.41, 5.74) is -5.65. The van der Waals surface area contributed by atoms with Gasteiger partial charge in [-0.2, -0.15) is 13.2 Å². The molecule has 0 spiro atoms. The first-order chi connectivity index (χ1) is 3.25.